The summed E-state index contributed by atoms with van der Waals surface area (Å²) in [5.74, 6) is 0. The fraction of sp³-hybridized carbons (Fsp3) is 0.750. The number of alkyl halides is 1. The van der Waals surface area contributed by atoms with E-state index in [9.17, 15) is 4.39 Å². The molecule has 1 N–H and O–H groups in total. The van der Waals surface area contributed by atoms with Crippen molar-refractivity contribution in [3.63, 3.8) is 0 Å². The number of aliphatic hydroxyl groups excluding tert-OH is 1. The molecule has 0 aromatic carbocycles. The number of allylic oxidation sites excluding steroid dienone is 4. The second-order valence-corrected chi connectivity index (χ2v) is 4.96. The Hall–Kier alpha value is -0.670. The zero-order valence-corrected chi connectivity index (χ0v) is 12.9. The normalized spacial score (nSPS) is 27.2. The standard InChI is InChI=1S/C8H11F.C6H13NO.C2H6/c1-7-4-2-3-5-8(9)6-7;1-7-4-2-3-6(8)5-7;1-2/h2,4,6,8H,3,5H2,1H3;6,8H,2-5H2,1H3;1-2H3. The predicted molar refractivity (Wildman–Crippen MR) is 81.1 cm³/mol. The van der Waals surface area contributed by atoms with Crippen LogP contribution < -0.4 is 0 Å². The first kappa shape index (κ1) is 18.3. The van der Waals surface area contributed by atoms with Crippen molar-refractivity contribution < 1.29 is 9.50 Å². The quantitative estimate of drug-likeness (QED) is 0.726. The number of hydrogen-bond donors (Lipinski definition) is 1. The van der Waals surface area contributed by atoms with E-state index in [-0.39, 0.29) is 6.10 Å². The van der Waals surface area contributed by atoms with Gasteiger partial charge < -0.3 is 10.0 Å². The molecule has 0 amide bonds. The van der Waals surface area contributed by atoms with Gasteiger partial charge in [0, 0.05) is 6.54 Å². The van der Waals surface area contributed by atoms with Crippen molar-refractivity contribution in [3.05, 3.63) is 23.8 Å². The van der Waals surface area contributed by atoms with Crippen molar-refractivity contribution in [2.24, 2.45) is 0 Å². The first-order chi connectivity index (χ1) is 9.08. The summed E-state index contributed by atoms with van der Waals surface area (Å²) in [6.45, 7) is 7.94. The van der Waals surface area contributed by atoms with Gasteiger partial charge in [0.15, 0.2) is 0 Å². The highest BCUT2D eigenvalue weighted by Crippen LogP contribution is 2.12. The summed E-state index contributed by atoms with van der Waals surface area (Å²) in [4.78, 5) is 2.16. The second kappa shape index (κ2) is 11.2. The zero-order chi connectivity index (χ0) is 14.7. The molecule has 0 aromatic heterocycles. The Morgan fingerprint density at radius 1 is 1.32 bits per heavy atom. The van der Waals surface area contributed by atoms with E-state index in [1.807, 2.05) is 40.0 Å². The van der Waals surface area contributed by atoms with Crippen LogP contribution in [-0.4, -0.2) is 42.4 Å². The van der Waals surface area contributed by atoms with E-state index in [1.54, 1.807) is 6.08 Å². The van der Waals surface area contributed by atoms with E-state index in [0.717, 1.165) is 37.9 Å². The monoisotopic (exact) mass is 271 g/mol. The highest BCUT2D eigenvalue weighted by atomic mass is 19.1. The minimum absolute atomic E-state index is 0.0613. The Morgan fingerprint density at radius 3 is 2.53 bits per heavy atom. The summed E-state index contributed by atoms with van der Waals surface area (Å²) >= 11 is 0. The lowest BCUT2D eigenvalue weighted by Gasteiger charge is -2.25. The van der Waals surface area contributed by atoms with Gasteiger partial charge in [-0.1, -0.05) is 31.6 Å². The Labute approximate surface area is 118 Å². The summed E-state index contributed by atoms with van der Waals surface area (Å²) in [6, 6.07) is 0. The van der Waals surface area contributed by atoms with E-state index in [2.05, 4.69) is 4.90 Å². The second-order valence-electron chi connectivity index (χ2n) is 4.96. The number of nitrogens with zero attached hydrogens (tertiary/aromatic N) is 1. The number of piperidine rings is 1. The molecule has 2 rings (SSSR count). The van der Waals surface area contributed by atoms with Gasteiger partial charge in [0.25, 0.3) is 0 Å². The molecule has 2 nitrogen and oxygen atoms in total. The molecule has 1 fully saturated rings. The molecule has 0 bridgehead atoms. The van der Waals surface area contributed by atoms with Gasteiger partial charge in [-0.05, 0) is 52.3 Å². The molecule has 3 heteroatoms. The van der Waals surface area contributed by atoms with Gasteiger partial charge in [-0.25, -0.2) is 4.39 Å². The zero-order valence-electron chi connectivity index (χ0n) is 12.9. The van der Waals surface area contributed by atoms with Crippen LogP contribution in [0.2, 0.25) is 0 Å². The summed E-state index contributed by atoms with van der Waals surface area (Å²) in [5, 5.41) is 9.04. The molecule has 19 heavy (non-hydrogen) atoms. The minimum Gasteiger partial charge on any atom is -0.392 e. The number of β-amino-alcohol motifs (C(OH)–C–C–N with tert-alkyl or cyclic N) is 1. The van der Waals surface area contributed by atoms with Crippen molar-refractivity contribution in [1.29, 1.82) is 0 Å². The maximum absolute atomic E-state index is 12.6. The van der Waals surface area contributed by atoms with Gasteiger partial charge >= 0.3 is 0 Å². The van der Waals surface area contributed by atoms with Crippen molar-refractivity contribution in [2.75, 3.05) is 20.1 Å². The molecule has 1 aliphatic carbocycles. The maximum atomic E-state index is 12.6. The SMILES string of the molecule is CC.CC1=CC(F)CCC=C1.CN1CCCC(O)C1. The van der Waals surface area contributed by atoms with E-state index in [4.69, 9.17) is 5.11 Å². The third-order valence-corrected chi connectivity index (χ3v) is 3.03. The average Bonchev–Trinajstić information content (AvgIpc) is 2.56. The molecular formula is C16H30FNO. The summed E-state index contributed by atoms with van der Waals surface area (Å²) in [7, 11) is 2.04. The van der Waals surface area contributed by atoms with Crippen LogP contribution >= 0.6 is 0 Å². The van der Waals surface area contributed by atoms with Gasteiger partial charge in [0.1, 0.15) is 6.17 Å². The van der Waals surface area contributed by atoms with Crippen molar-refractivity contribution in [3.8, 4) is 0 Å². The Kier molecular flexibility index (Phi) is 10.8. The third kappa shape index (κ3) is 9.85. The van der Waals surface area contributed by atoms with Gasteiger partial charge in [0.05, 0.1) is 6.10 Å². The number of likely N-dealkylation sites (N-methyl/N-ethyl adjacent to an activating group) is 1. The number of aliphatic hydroxyl groups is 1. The number of likely N-dealkylation sites (tertiary alicyclic amines) is 1. The third-order valence-electron chi connectivity index (χ3n) is 3.03. The molecule has 2 unspecified atom stereocenters. The molecule has 1 saturated heterocycles. The number of rotatable bonds is 0. The first-order valence-corrected chi connectivity index (χ1v) is 7.43. The van der Waals surface area contributed by atoms with E-state index < -0.39 is 6.17 Å². The average molecular weight is 271 g/mol. The van der Waals surface area contributed by atoms with Crippen LogP contribution in [0, 0.1) is 0 Å². The molecule has 0 saturated carbocycles. The van der Waals surface area contributed by atoms with Crippen LogP contribution in [0.25, 0.3) is 0 Å². The lowest BCUT2D eigenvalue weighted by atomic mass is 10.1. The van der Waals surface area contributed by atoms with Crippen LogP contribution in [-0.2, 0) is 0 Å². The van der Waals surface area contributed by atoms with Crippen LogP contribution in [0.15, 0.2) is 23.8 Å². The van der Waals surface area contributed by atoms with Crippen LogP contribution in [0.1, 0.15) is 46.5 Å². The lowest BCUT2D eigenvalue weighted by molar-refractivity contribution is 0.0846. The number of hydrogen-bond acceptors (Lipinski definition) is 2. The molecule has 0 aromatic rings. The molecule has 0 radical (unpaired) electrons. The van der Waals surface area contributed by atoms with Gasteiger partial charge in [-0.2, -0.15) is 0 Å². The predicted octanol–water partition coefficient (Wildman–Crippen LogP) is 3.72. The van der Waals surface area contributed by atoms with Crippen LogP contribution in [0.3, 0.4) is 0 Å². The smallest absolute Gasteiger partial charge is 0.119 e. The first-order valence-electron chi connectivity index (χ1n) is 7.43. The van der Waals surface area contributed by atoms with Gasteiger partial charge in [0.2, 0.25) is 0 Å². The van der Waals surface area contributed by atoms with Gasteiger partial charge in [-0.15, -0.1) is 0 Å². The Bertz CT molecular complexity index is 268. The highest BCUT2D eigenvalue weighted by Gasteiger charge is 2.12. The largest absolute Gasteiger partial charge is 0.392 e. The van der Waals surface area contributed by atoms with E-state index in [1.165, 1.54) is 0 Å². The van der Waals surface area contributed by atoms with Crippen molar-refractivity contribution in [1.82, 2.24) is 4.90 Å². The topological polar surface area (TPSA) is 23.5 Å². The van der Waals surface area contributed by atoms with E-state index in [0.29, 0.717) is 6.42 Å². The van der Waals surface area contributed by atoms with Crippen LogP contribution in [0.5, 0.6) is 0 Å². The summed E-state index contributed by atoms with van der Waals surface area (Å²) < 4.78 is 12.6. The maximum Gasteiger partial charge on any atom is 0.119 e. The minimum atomic E-state index is -0.722. The fourth-order valence-electron chi connectivity index (χ4n) is 2.09. The molecule has 2 aliphatic rings. The fourth-order valence-corrected chi connectivity index (χ4v) is 2.09. The molecular weight excluding hydrogens is 241 g/mol. The van der Waals surface area contributed by atoms with Crippen molar-refractivity contribution >= 4 is 0 Å². The van der Waals surface area contributed by atoms with E-state index >= 15 is 0 Å². The summed E-state index contributed by atoms with van der Waals surface area (Å²) in [6.07, 6.45) is 8.54. The molecule has 1 heterocycles. The van der Waals surface area contributed by atoms with Crippen molar-refractivity contribution in [2.45, 2.75) is 58.7 Å². The van der Waals surface area contributed by atoms with Gasteiger partial charge in [-0.3, -0.25) is 0 Å². The Balaban J connectivity index is 0.000000303. The molecule has 1 aliphatic heterocycles. The molecule has 2 atom stereocenters. The highest BCUT2D eigenvalue weighted by molar-refractivity contribution is 5.19. The molecule has 0 spiro atoms. The lowest BCUT2D eigenvalue weighted by Crippen LogP contribution is -2.34. The molecule has 112 valence electrons. The number of halogens is 1. The van der Waals surface area contributed by atoms with Crippen LogP contribution in [0.4, 0.5) is 4.39 Å². The summed E-state index contributed by atoms with van der Waals surface area (Å²) in [5.41, 5.74) is 1.04. The Morgan fingerprint density at radius 2 is 2.00 bits per heavy atom.